The maximum Gasteiger partial charge on any atom is 0.264 e. The number of sulfonamides is 1. The van der Waals surface area contributed by atoms with Crippen LogP contribution in [0.5, 0.6) is 11.5 Å². The number of thioether (sulfide) groups is 1. The normalized spacial score (nSPS) is 11.4. The van der Waals surface area contributed by atoms with Crippen molar-refractivity contribution in [3.8, 4) is 11.5 Å². The molecule has 11 heteroatoms. The van der Waals surface area contributed by atoms with Gasteiger partial charge in [-0.15, -0.1) is 11.8 Å². The predicted octanol–water partition coefficient (Wildman–Crippen LogP) is 4.84. The molecule has 0 bridgehead atoms. The lowest BCUT2D eigenvalue weighted by atomic mass is 10.2. The fraction of sp³-hybridized carbons (Fsp3) is 0.200. The molecule has 0 aliphatic carbocycles. The van der Waals surface area contributed by atoms with E-state index in [1.807, 2.05) is 13.2 Å². The Balaban J connectivity index is 1.83. The van der Waals surface area contributed by atoms with Crippen LogP contribution in [0.2, 0.25) is 0 Å². The number of nitrogens with zero attached hydrogens (tertiary/aromatic N) is 2. The number of hydrazone groups is 1. The van der Waals surface area contributed by atoms with Crippen LogP contribution in [0.3, 0.4) is 0 Å². The highest BCUT2D eigenvalue weighted by Gasteiger charge is 2.27. The number of carbonyl (C=O) groups is 1. The highest BCUT2D eigenvalue weighted by Crippen LogP contribution is 2.35. The monoisotopic (exact) mass is 591 g/mol. The van der Waals surface area contributed by atoms with Gasteiger partial charge in [-0.2, -0.15) is 5.10 Å². The van der Waals surface area contributed by atoms with Crippen molar-refractivity contribution in [2.45, 2.75) is 16.7 Å². The number of benzene rings is 3. The number of rotatable bonds is 10. The van der Waals surface area contributed by atoms with Crippen molar-refractivity contribution in [3.63, 3.8) is 0 Å². The van der Waals surface area contributed by atoms with Gasteiger partial charge in [0.15, 0.2) is 11.5 Å². The van der Waals surface area contributed by atoms with Crippen LogP contribution in [-0.2, 0) is 14.8 Å². The maximum atomic E-state index is 13.5. The molecule has 0 saturated carbocycles. The molecule has 0 aliphatic rings. The first kappa shape index (κ1) is 27.6. The van der Waals surface area contributed by atoms with Gasteiger partial charge < -0.3 is 9.47 Å². The second-order valence-corrected chi connectivity index (χ2v) is 11.2. The van der Waals surface area contributed by atoms with Crippen molar-refractivity contribution in [2.75, 3.05) is 31.3 Å². The first-order chi connectivity index (χ1) is 17.2. The minimum Gasteiger partial charge on any atom is -0.493 e. The molecule has 0 saturated heterocycles. The maximum absolute atomic E-state index is 13.5. The quantitative estimate of drug-likeness (QED) is 0.206. The molecular formula is C25H26BrN3O5S2. The minimum atomic E-state index is -4.01. The summed E-state index contributed by atoms with van der Waals surface area (Å²) in [6.07, 6.45) is 3.34. The summed E-state index contributed by atoms with van der Waals surface area (Å²) >= 11 is 4.92. The van der Waals surface area contributed by atoms with Crippen LogP contribution in [0.4, 0.5) is 5.69 Å². The molecule has 0 unspecified atom stereocenters. The number of halogens is 1. The van der Waals surface area contributed by atoms with Crippen LogP contribution in [0.1, 0.15) is 11.1 Å². The molecule has 0 radical (unpaired) electrons. The molecule has 0 heterocycles. The predicted molar refractivity (Wildman–Crippen MR) is 147 cm³/mol. The highest BCUT2D eigenvalue weighted by atomic mass is 79.9. The van der Waals surface area contributed by atoms with Gasteiger partial charge in [0.2, 0.25) is 0 Å². The van der Waals surface area contributed by atoms with Crippen molar-refractivity contribution in [1.29, 1.82) is 0 Å². The summed E-state index contributed by atoms with van der Waals surface area (Å²) in [5.74, 6) is 0.419. The van der Waals surface area contributed by atoms with Crippen molar-refractivity contribution < 1.29 is 22.7 Å². The number of nitrogens with one attached hydrogen (secondary N) is 1. The van der Waals surface area contributed by atoms with E-state index in [2.05, 4.69) is 26.5 Å². The van der Waals surface area contributed by atoms with E-state index in [4.69, 9.17) is 9.47 Å². The van der Waals surface area contributed by atoms with E-state index in [0.717, 1.165) is 14.8 Å². The second-order valence-electron chi connectivity index (χ2n) is 7.55. The third-order valence-corrected chi connectivity index (χ3v) is 8.24. The van der Waals surface area contributed by atoms with E-state index in [1.54, 1.807) is 48.5 Å². The van der Waals surface area contributed by atoms with Gasteiger partial charge in [-0.05, 0) is 83.2 Å². The van der Waals surface area contributed by atoms with Gasteiger partial charge in [0.05, 0.1) is 35.5 Å². The topological polar surface area (TPSA) is 97.3 Å². The lowest BCUT2D eigenvalue weighted by Gasteiger charge is -2.24. The van der Waals surface area contributed by atoms with E-state index in [-0.39, 0.29) is 4.90 Å². The van der Waals surface area contributed by atoms with E-state index < -0.39 is 22.5 Å². The molecule has 1 amide bonds. The Morgan fingerprint density at radius 3 is 2.33 bits per heavy atom. The Labute approximate surface area is 223 Å². The smallest absolute Gasteiger partial charge is 0.264 e. The van der Waals surface area contributed by atoms with E-state index >= 15 is 0 Å². The standard InChI is InChI=1S/C25H26BrN3O5S2/c1-17-5-7-19(8-6-17)29(36(31,32)21-11-9-20(35-4)10-12-21)16-24(30)28-27-15-18-13-22(26)25(34-3)23(14-18)33-2/h5-15H,16H2,1-4H3,(H,28,30)/b27-15-. The van der Waals surface area contributed by atoms with E-state index in [0.29, 0.717) is 27.2 Å². The number of hydrogen-bond donors (Lipinski definition) is 1. The van der Waals surface area contributed by atoms with Crippen LogP contribution in [0.15, 0.2) is 80.0 Å². The summed E-state index contributed by atoms with van der Waals surface area (Å²) in [7, 11) is -0.967. The van der Waals surface area contributed by atoms with Gasteiger partial charge in [0.25, 0.3) is 15.9 Å². The fourth-order valence-electron chi connectivity index (χ4n) is 3.26. The molecule has 190 valence electrons. The molecule has 0 aromatic heterocycles. The van der Waals surface area contributed by atoms with Crippen molar-refractivity contribution in [3.05, 3.63) is 76.3 Å². The zero-order valence-electron chi connectivity index (χ0n) is 20.2. The largest absolute Gasteiger partial charge is 0.493 e. The summed E-state index contributed by atoms with van der Waals surface area (Å²) in [5.41, 5.74) is 4.38. The SMILES string of the molecule is COc1cc(/C=N\NC(=O)CN(c2ccc(C)cc2)S(=O)(=O)c2ccc(SC)cc2)cc(Br)c1OC. The summed E-state index contributed by atoms with van der Waals surface area (Å²) in [4.78, 5) is 13.8. The van der Waals surface area contributed by atoms with Crippen LogP contribution in [0.25, 0.3) is 0 Å². The van der Waals surface area contributed by atoms with Crippen LogP contribution in [-0.4, -0.2) is 47.6 Å². The third kappa shape index (κ3) is 6.59. The van der Waals surface area contributed by atoms with Crippen molar-refractivity contribution in [2.24, 2.45) is 5.10 Å². The fourth-order valence-corrected chi connectivity index (χ4v) is 5.71. The minimum absolute atomic E-state index is 0.0901. The number of methoxy groups -OCH3 is 2. The zero-order chi connectivity index (χ0) is 26.3. The molecule has 8 nitrogen and oxygen atoms in total. The molecule has 1 N–H and O–H groups in total. The third-order valence-electron chi connectivity index (χ3n) is 5.12. The Hall–Kier alpha value is -3.02. The van der Waals surface area contributed by atoms with Crippen molar-refractivity contribution in [1.82, 2.24) is 5.43 Å². The average Bonchev–Trinajstić information content (AvgIpc) is 2.87. The van der Waals surface area contributed by atoms with E-state index in [1.165, 1.54) is 44.3 Å². The van der Waals surface area contributed by atoms with E-state index in [9.17, 15) is 13.2 Å². The highest BCUT2D eigenvalue weighted by molar-refractivity contribution is 9.10. The van der Waals surface area contributed by atoms with Crippen LogP contribution >= 0.6 is 27.7 Å². The molecule has 3 aromatic carbocycles. The Bertz CT molecular complexity index is 1350. The number of amides is 1. The van der Waals surface area contributed by atoms with Gasteiger partial charge >= 0.3 is 0 Å². The number of carbonyl (C=O) groups excluding carboxylic acids is 1. The van der Waals surface area contributed by atoms with Crippen LogP contribution < -0.4 is 19.2 Å². The van der Waals surface area contributed by atoms with Gasteiger partial charge in [0, 0.05) is 4.90 Å². The molecule has 0 fully saturated rings. The Morgan fingerprint density at radius 1 is 1.08 bits per heavy atom. The lowest BCUT2D eigenvalue weighted by molar-refractivity contribution is -0.119. The molecular weight excluding hydrogens is 566 g/mol. The van der Waals surface area contributed by atoms with Crippen molar-refractivity contribution >= 4 is 55.5 Å². The van der Waals surface area contributed by atoms with Gasteiger partial charge in [-0.25, -0.2) is 13.8 Å². The Kier molecular flexibility index (Phi) is 9.41. The Morgan fingerprint density at radius 2 is 1.75 bits per heavy atom. The second kappa shape index (κ2) is 12.3. The molecule has 0 atom stereocenters. The summed E-state index contributed by atoms with van der Waals surface area (Å²) in [6, 6.07) is 16.9. The number of ether oxygens (including phenoxy) is 2. The number of anilines is 1. The molecule has 0 aliphatic heterocycles. The number of hydrogen-bond acceptors (Lipinski definition) is 7. The van der Waals surface area contributed by atoms with Crippen LogP contribution in [0, 0.1) is 6.92 Å². The molecule has 36 heavy (non-hydrogen) atoms. The van der Waals surface area contributed by atoms with Gasteiger partial charge in [-0.3, -0.25) is 9.10 Å². The average molecular weight is 593 g/mol. The molecule has 3 rings (SSSR count). The molecule has 0 spiro atoms. The lowest BCUT2D eigenvalue weighted by Crippen LogP contribution is -2.39. The summed E-state index contributed by atoms with van der Waals surface area (Å²) in [5, 5.41) is 3.99. The first-order valence-corrected chi connectivity index (χ1v) is 14.1. The van der Waals surface area contributed by atoms with Gasteiger partial charge in [-0.1, -0.05) is 17.7 Å². The zero-order valence-corrected chi connectivity index (χ0v) is 23.4. The summed E-state index contributed by atoms with van der Waals surface area (Å²) < 4.78 is 39.3. The number of aryl methyl sites for hydroxylation is 1. The first-order valence-electron chi connectivity index (χ1n) is 10.7. The molecule has 3 aromatic rings. The summed E-state index contributed by atoms with van der Waals surface area (Å²) in [6.45, 7) is 1.44. The van der Waals surface area contributed by atoms with Gasteiger partial charge in [0.1, 0.15) is 6.54 Å².